The van der Waals surface area contributed by atoms with E-state index in [1.807, 2.05) is 6.92 Å². The molecule has 1 heterocycles. The van der Waals surface area contributed by atoms with Crippen LogP contribution in [0.2, 0.25) is 0 Å². The number of nitrogens with one attached hydrogen (secondary N) is 1. The zero-order valence-corrected chi connectivity index (χ0v) is 14.6. The quantitative estimate of drug-likeness (QED) is 0.878. The summed E-state index contributed by atoms with van der Waals surface area (Å²) in [6.45, 7) is 10.6. The average molecular weight is 313 g/mol. The molecule has 2 amide bonds. The second kappa shape index (κ2) is 7.22. The first-order valence-electron chi connectivity index (χ1n) is 7.27. The maximum absolute atomic E-state index is 12.1. The van der Waals surface area contributed by atoms with E-state index in [0.29, 0.717) is 13.0 Å². The molecule has 2 N–H and O–H groups in total. The van der Waals surface area contributed by atoms with E-state index in [0.717, 1.165) is 10.7 Å². The molecule has 0 aliphatic heterocycles. The maximum atomic E-state index is 12.1. The number of aliphatic hydroxyl groups is 1. The van der Waals surface area contributed by atoms with Crippen molar-refractivity contribution in [1.29, 1.82) is 0 Å². The average Bonchev–Trinajstić information content (AvgIpc) is 2.85. The van der Waals surface area contributed by atoms with Gasteiger partial charge in [0, 0.05) is 24.4 Å². The molecule has 0 aromatic carbocycles. The number of aliphatic hydroxyl groups excluding tert-OH is 1. The Balaban J connectivity index is 2.58. The second-order valence-electron chi connectivity index (χ2n) is 6.55. The molecule has 0 bridgehead atoms. The first-order valence-corrected chi connectivity index (χ1v) is 8.15. The van der Waals surface area contributed by atoms with Crippen molar-refractivity contribution >= 4 is 17.4 Å². The first-order chi connectivity index (χ1) is 9.61. The van der Waals surface area contributed by atoms with Crippen LogP contribution in [0.4, 0.5) is 4.79 Å². The van der Waals surface area contributed by atoms with Crippen LogP contribution in [0.1, 0.15) is 57.8 Å². The predicted octanol–water partition coefficient (Wildman–Crippen LogP) is 2.91. The van der Waals surface area contributed by atoms with Crippen LogP contribution >= 0.6 is 11.3 Å². The van der Waals surface area contributed by atoms with Crippen molar-refractivity contribution in [3.05, 3.63) is 16.1 Å². The van der Waals surface area contributed by atoms with Crippen LogP contribution in [0, 0.1) is 0 Å². The lowest BCUT2D eigenvalue weighted by Crippen LogP contribution is -2.39. The van der Waals surface area contributed by atoms with Gasteiger partial charge in [-0.05, 0) is 20.3 Å². The van der Waals surface area contributed by atoms with Crippen molar-refractivity contribution in [2.45, 2.75) is 58.6 Å². The SMILES string of the molecule is CC(O)CCN(C)C(=O)NC(C)c1nc(C(C)(C)C)cs1. The Kier molecular flexibility index (Phi) is 6.16. The Labute approximate surface area is 131 Å². The Morgan fingerprint density at radius 3 is 2.57 bits per heavy atom. The fraction of sp³-hybridized carbons (Fsp3) is 0.733. The third kappa shape index (κ3) is 5.63. The molecule has 1 rings (SSSR count). The second-order valence-corrected chi connectivity index (χ2v) is 7.44. The summed E-state index contributed by atoms with van der Waals surface area (Å²) < 4.78 is 0. The van der Waals surface area contributed by atoms with Gasteiger partial charge in [0.25, 0.3) is 0 Å². The minimum atomic E-state index is -0.397. The molecule has 120 valence electrons. The Bertz CT molecular complexity index is 466. The third-order valence-electron chi connectivity index (χ3n) is 3.23. The van der Waals surface area contributed by atoms with Gasteiger partial charge in [0.05, 0.1) is 17.8 Å². The van der Waals surface area contributed by atoms with E-state index < -0.39 is 6.10 Å². The van der Waals surface area contributed by atoms with Crippen LogP contribution < -0.4 is 5.32 Å². The third-order valence-corrected chi connectivity index (χ3v) is 4.26. The van der Waals surface area contributed by atoms with E-state index in [2.05, 4.69) is 36.5 Å². The highest BCUT2D eigenvalue weighted by Crippen LogP contribution is 2.26. The van der Waals surface area contributed by atoms with E-state index in [-0.39, 0.29) is 17.5 Å². The lowest BCUT2D eigenvalue weighted by atomic mass is 9.93. The van der Waals surface area contributed by atoms with Crippen LogP contribution in [0.3, 0.4) is 0 Å². The summed E-state index contributed by atoms with van der Waals surface area (Å²) >= 11 is 1.57. The van der Waals surface area contributed by atoms with Crippen molar-refractivity contribution in [1.82, 2.24) is 15.2 Å². The molecule has 0 saturated heterocycles. The van der Waals surface area contributed by atoms with E-state index in [1.54, 1.807) is 30.2 Å². The number of thiazole rings is 1. The molecule has 5 nitrogen and oxygen atoms in total. The van der Waals surface area contributed by atoms with E-state index in [4.69, 9.17) is 0 Å². The van der Waals surface area contributed by atoms with Crippen LogP contribution in [-0.2, 0) is 5.41 Å². The lowest BCUT2D eigenvalue weighted by molar-refractivity contribution is 0.162. The van der Waals surface area contributed by atoms with Gasteiger partial charge in [-0.15, -0.1) is 11.3 Å². The van der Waals surface area contributed by atoms with Gasteiger partial charge in [0.2, 0.25) is 0 Å². The Morgan fingerprint density at radius 1 is 1.48 bits per heavy atom. The molecule has 0 spiro atoms. The number of carbonyl (C=O) groups excluding carboxylic acids is 1. The van der Waals surface area contributed by atoms with Gasteiger partial charge in [-0.2, -0.15) is 0 Å². The smallest absolute Gasteiger partial charge is 0.317 e. The monoisotopic (exact) mass is 313 g/mol. The number of hydrogen-bond donors (Lipinski definition) is 2. The summed E-state index contributed by atoms with van der Waals surface area (Å²) in [7, 11) is 1.73. The van der Waals surface area contributed by atoms with Gasteiger partial charge in [-0.25, -0.2) is 9.78 Å². The number of amides is 2. The number of nitrogens with zero attached hydrogens (tertiary/aromatic N) is 2. The lowest BCUT2D eigenvalue weighted by Gasteiger charge is -2.21. The Hall–Kier alpha value is -1.14. The molecule has 1 aromatic rings. The van der Waals surface area contributed by atoms with Crippen LogP contribution in [0.15, 0.2) is 5.38 Å². The minimum absolute atomic E-state index is 0.0204. The summed E-state index contributed by atoms with van der Waals surface area (Å²) in [4.78, 5) is 18.3. The molecular weight excluding hydrogens is 286 g/mol. The molecule has 21 heavy (non-hydrogen) atoms. The highest BCUT2D eigenvalue weighted by Gasteiger charge is 2.21. The maximum Gasteiger partial charge on any atom is 0.317 e. The van der Waals surface area contributed by atoms with E-state index in [9.17, 15) is 9.90 Å². The summed E-state index contributed by atoms with van der Waals surface area (Å²) in [6, 6.07) is -0.261. The molecule has 0 aliphatic carbocycles. The molecule has 0 saturated carbocycles. The molecule has 0 fully saturated rings. The van der Waals surface area contributed by atoms with Gasteiger partial charge < -0.3 is 15.3 Å². The van der Waals surface area contributed by atoms with Crippen LogP contribution in [-0.4, -0.2) is 40.7 Å². The fourth-order valence-corrected chi connectivity index (χ4v) is 2.72. The zero-order valence-electron chi connectivity index (χ0n) is 13.8. The van der Waals surface area contributed by atoms with Crippen LogP contribution in [0.25, 0.3) is 0 Å². The van der Waals surface area contributed by atoms with Crippen molar-refractivity contribution in [2.24, 2.45) is 0 Å². The zero-order chi connectivity index (χ0) is 16.2. The summed E-state index contributed by atoms with van der Waals surface area (Å²) in [5.41, 5.74) is 1.07. The van der Waals surface area contributed by atoms with Crippen molar-refractivity contribution < 1.29 is 9.90 Å². The van der Waals surface area contributed by atoms with Gasteiger partial charge in [0.1, 0.15) is 5.01 Å². The first kappa shape index (κ1) is 17.9. The highest BCUT2D eigenvalue weighted by molar-refractivity contribution is 7.09. The molecule has 2 atom stereocenters. The number of aromatic nitrogens is 1. The number of carbonyl (C=O) groups is 1. The number of rotatable bonds is 5. The normalized spacial score (nSPS) is 14.6. The molecule has 0 aliphatic rings. The fourth-order valence-electron chi connectivity index (χ4n) is 1.67. The largest absolute Gasteiger partial charge is 0.393 e. The van der Waals surface area contributed by atoms with E-state index in [1.165, 1.54) is 0 Å². The standard InChI is InChI=1S/C15H27N3O2S/c1-10(19)7-8-18(6)14(20)16-11(2)13-17-12(9-21-13)15(3,4)5/h9-11,19H,7-8H2,1-6H3,(H,16,20). The molecule has 6 heteroatoms. The number of hydrogen-bond acceptors (Lipinski definition) is 4. The van der Waals surface area contributed by atoms with Gasteiger partial charge in [-0.1, -0.05) is 20.8 Å². The van der Waals surface area contributed by atoms with E-state index >= 15 is 0 Å². The van der Waals surface area contributed by atoms with Crippen molar-refractivity contribution in [3.63, 3.8) is 0 Å². The molecular formula is C15H27N3O2S. The number of urea groups is 1. The van der Waals surface area contributed by atoms with Crippen molar-refractivity contribution in [3.8, 4) is 0 Å². The summed E-state index contributed by atoms with van der Waals surface area (Å²) in [5, 5.41) is 15.2. The molecule has 1 aromatic heterocycles. The molecule has 0 radical (unpaired) electrons. The topological polar surface area (TPSA) is 65.5 Å². The van der Waals surface area contributed by atoms with Crippen LogP contribution in [0.5, 0.6) is 0 Å². The van der Waals surface area contributed by atoms with Crippen molar-refractivity contribution in [2.75, 3.05) is 13.6 Å². The Morgan fingerprint density at radius 2 is 2.10 bits per heavy atom. The predicted molar refractivity (Wildman–Crippen MR) is 86.7 cm³/mol. The van der Waals surface area contributed by atoms with Gasteiger partial charge >= 0.3 is 6.03 Å². The highest BCUT2D eigenvalue weighted by atomic mass is 32.1. The minimum Gasteiger partial charge on any atom is -0.393 e. The summed E-state index contributed by atoms with van der Waals surface area (Å²) in [5.74, 6) is 0. The van der Waals surface area contributed by atoms with Gasteiger partial charge in [0.15, 0.2) is 0 Å². The molecule has 2 unspecified atom stereocenters. The van der Waals surface area contributed by atoms with Gasteiger partial charge in [-0.3, -0.25) is 0 Å². The summed E-state index contributed by atoms with van der Waals surface area (Å²) in [6.07, 6.45) is 0.176.